The van der Waals surface area contributed by atoms with Crippen LogP contribution in [0.15, 0.2) is 22.7 Å². The Kier molecular flexibility index (Phi) is 4.56. The minimum absolute atomic E-state index is 0.337. The largest absolute Gasteiger partial charge is 0.315 e. The fourth-order valence-corrected chi connectivity index (χ4v) is 2.81. The van der Waals surface area contributed by atoms with Gasteiger partial charge in [0.25, 0.3) is 0 Å². The maximum absolute atomic E-state index is 14.2. The van der Waals surface area contributed by atoms with Gasteiger partial charge in [0.1, 0.15) is 11.4 Å². The first-order valence-corrected chi connectivity index (χ1v) is 7.20. The first kappa shape index (κ1) is 14.4. The van der Waals surface area contributed by atoms with E-state index in [2.05, 4.69) is 32.2 Å². The van der Waals surface area contributed by atoms with Crippen molar-refractivity contribution in [3.05, 3.63) is 34.1 Å². The molecule has 1 fully saturated rings. The van der Waals surface area contributed by atoms with E-state index < -0.39 is 5.54 Å². The fraction of sp³-hybridized carbons (Fsp3) is 0.500. The van der Waals surface area contributed by atoms with Gasteiger partial charge in [-0.25, -0.2) is 4.39 Å². The normalized spacial score (nSPS) is 20.3. The molecule has 1 heterocycles. The molecule has 0 aromatic heterocycles. The van der Waals surface area contributed by atoms with Gasteiger partial charge in [-0.3, -0.25) is 4.90 Å². The first-order chi connectivity index (χ1) is 9.08. The summed E-state index contributed by atoms with van der Waals surface area (Å²) in [6.45, 7) is 5.12. The molecule has 0 spiro atoms. The number of hydrogen-bond donors (Lipinski definition) is 1. The van der Waals surface area contributed by atoms with Crippen molar-refractivity contribution in [3.8, 4) is 6.07 Å². The quantitative estimate of drug-likeness (QED) is 0.908. The van der Waals surface area contributed by atoms with Gasteiger partial charge in [-0.15, -0.1) is 0 Å². The molecule has 0 amide bonds. The third-order valence-corrected chi connectivity index (χ3v) is 4.14. The van der Waals surface area contributed by atoms with E-state index in [0.717, 1.165) is 32.6 Å². The monoisotopic (exact) mass is 325 g/mol. The molecule has 0 radical (unpaired) electrons. The Bertz CT molecular complexity index is 492. The summed E-state index contributed by atoms with van der Waals surface area (Å²) in [5.74, 6) is -0.337. The van der Waals surface area contributed by atoms with Crippen molar-refractivity contribution in [3.63, 3.8) is 0 Å². The Balaban J connectivity index is 2.38. The average molecular weight is 326 g/mol. The minimum Gasteiger partial charge on any atom is -0.315 e. The van der Waals surface area contributed by atoms with Gasteiger partial charge in [-0.2, -0.15) is 5.26 Å². The zero-order valence-corrected chi connectivity index (χ0v) is 12.5. The van der Waals surface area contributed by atoms with Crippen LogP contribution in [0.3, 0.4) is 0 Å². The van der Waals surface area contributed by atoms with E-state index in [1.807, 2.05) is 0 Å². The van der Waals surface area contributed by atoms with Gasteiger partial charge in [0.2, 0.25) is 0 Å². The molecule has 3 nitrogen and oxygen atoms in total. The second-order valence-electron chi connectivity index (χ2n) is 4.90. The molecule has 1 N–H and O–H groups in total. The number of nitrogens with zero attached hydrogens (tertiary/aromatic N) is 2. The fourth-order valence-electron chi connectivity index (χ4n) is 2.48. The highest BCUT2D eigenvalue weighted by molar-refractivity contribution is 9.10. The summed E-state index contributed by atoms with van der Waals surface area (Å²) in [6, 6.07) is 7.19. The molecule has 1 aliphatic heterocycles. The van der Waals surface area contributed by atoms with Gasteiger partial charge in [0.15, 0.2) is 0 Å². The molecule has 2 rings (SSSR count). The summed E-state index contributed by atoms with van der Waals surface area (Å²) in [4.78, 5) is 2.05. The van der Waals surface area contributed by atoms with Crippen molar-refractivity contribution in [1.82, 2.24) is 10.2 Å². The van der Waals surface area contributed by atoms with E-state index in [9.17, 15) is 9.65 Å². The Morgan fingerprint density at radius 3 is 2.89 bits per heavy atom. The summed E-state index contributed by atoms with van der Waals surface area (Å²) >= 11 is 3.25. The summed E-state index contributed by atoms with van der Waals surface area (Å²) in [7, 11) is 0. The molecule has 1 atom stereocenters. The molecular formula is C14H17BrFN3. The maximum Gasteiger partial charge on any atom is 0.134 e. The second-order valence-corrected chi connectivity index (χ2v) is 5.81. The number of rotatable bonds is 2. The molecule has 1 aliphatic rings. The van der Waals surface area contributed by atoms with Crippen molar-refractivity contribution in [2.75, 3.05) is 26.2 Å². The van der Waals surface area contributed by atoms with Crippen LogP contribution in [-0.4, -0.2) is 31.1 Å². The highest BCUT2D eigenvalue weighted by Gasteiger charge is 2.36. The summed E-state index contributed by atoms with van der Waals surface area (Å²) in [5.41, 5.74) is -0.475. The van der Waals surface area contributed by atoms with Crippen LogP contribution in [0.2, 0.25) is 0 Å². The van der Waals surface area contributed by atoms with E-state index in [1.165, 1.54) is 6.07 Å². The number of nitrogens with one attached hydrogen (secondary N) is 1. The highest BCUT2D eigenvalue weighted by atomic mass is 79.9. The Hall–Kier alpha value is -0.960. The van der Waals surface area contributed by atoms with Crippen LogP contribution in [0.4, 0.5) is 4.39 Å². The lowest BCUT2D eigenvalue weighted by molar-refractivity contribution is 0.159. The number of hydrogen-bond acceptors (Lipinski definition) is 3. The number of halogens is 2. The summed E-state index contributed by atoms with van der Waals surface area (Å²) in [6.07, 6.45) is 0.968. The standard InChI is InChI=1S/C14H17BrFN3/c1-14(10-17,19-7-2-5-18-6-8-19)12-4-3-11(15)9-13(12)16/h3-4,9,18H,2,5-8H2,1H3. The van der Waals surface area contributed by atoms with E-state index in [-0.39, 0.29) is 5.82 Å². The van der Waals surface area contributed by atoms with E-state index in [1.54, 1.807) is 19.1 Å². The molecule has 0 bridgehead atoms. The van der Waals surface area contributed by atoms with Crippen LogP contribution in [0, 0.1) is 17.1 Å². The predicted molar refractivity (Wildman–Crippen MR) is 76.1 cm³/mol. The van der Waals surface area contributed by atoms with E-state index >= 15 is 0 Å². The predicted octanol–water partition coefficient (Wildman–Crippen LogP) is 2.62. The van der Waals surface area contributed by atoms with E-state index in [4.69, 9.17) is 0 Å². The zero-order chi connectivity index (χ0) is 13.9. The molecule has 1 aromatic carbocycles. The van der Waals surface area contributed by atoms with Gasteiger partial charge in [0, 0.05) is 29.7 Å². The Morgan fingerprint density at radius 2 is 2.21 bits per heavy atom. The first-order valence-electron chi connectivity index (χ1n) is 6.40. The Morgan fingerprint density at radius 1 is 1.42 bits per heavy atom. The molecule has 0 aliphatic carbocycles. The van der Waals surface area contributed by atoms with Crippen LogP contribution in [-0.2, 0) is 5.54 Å². The Labute approximate surface area is 121 Å². The molecular weight excluding hydrogens is 309 g/mol. The van der Waals surface area contributed by atoms with Gasteiger partial charge < -0.3 is 5.32 Å². The van der Waals surface area contributed by atoms with E-state index in [0.29, 0.717) is 10.0 Å². The molecule has 1 unspecified atom stereocenters. The lowest BCUT2D eigenvalue weighted by atomic mass is 9.90. The van der Waals surface area contributed by atoms with Crippen molar-refractivity contribution < 1.29 is 4.39 Å². The lowest BCUT2D eigenvalue weighted by Crippen LogP contribution is -2.45. The molecule has 1 aromatic rings. The number of nitriles is 1. The third-order valence-electron chi connectivity index (χ3n) is 3.65. The van der Waals surface area contributed by atoms with Crippen LogP contribution in [0.5, 0.6) is 0 Å². The van der Waals surface area contributed by atoms with Crippen molar-refractivity contribution in [2.45, 2.75) is 18.9 Å². The lowest BCUT2D eigenvalue weighted by Gasteiger charge is -2.35. The van der Waals surface area contributed by atoms with Crippen molar-refractivity contribution in [1.29, 1.82) is 5.26 Å². The average Bonchev–Trinajstić information content (AvgIpc) is 2.67. The summed E-state index contributed by atoms with van der Waals surface area (Å²) in [5, 5.41) is 12.9. The molecule has 19 heavy (non-hydrogen) atoms. The zero-order valence-electron chi connectivity index (χ0n) is 10.9. The van der Waals surface area contributed by atoms with Gasteiger partial charge in [0.05, 0.1) is 6.07 Å². The third kappa shape index (κ3) is 2.97. The topological polar surface area (TPSA) is 39.1 Å². The smallest absolute Gasteiger partial charge is 0.134 e. The highest BCUT2D eigenvalue weighted by Crippen LogP contribution is 2.31. The van der Waals surface area contributed by atoms with Crippen LogP contribution < -0.4 is 5.32 Å². The molecule has 102 valence electrons. The molecule has 1 saturated heterocycles. The van der Waals surface area contributed by atoms with Crippen LogP contribution in [0.1, 0.15) is 18.9 Å². The van der Waals surface area contributed by atoms with Gasteiger partial charge in [-0.05, 0) is 32.0 Å². The molecule has 0 saturated carbocycles. The van der Waals surface area contributed by atoms with Crippen LogP contribution >= 0.6 is 15.9 Å². The summed E-state index contributed by atoms with van der Waals surface area (Å²) < 4.78 is 14.9. The minimum atomic E-state index is -0.920. The SMILES string of the molecule is CC(C#N)(c1ccc(Br)cc1F)N1CCCNCC1. The van der Waals surface area contributed by atoms with Crippen molar-refractivity contribution in [2.24, 2.45) is 0 Å². The second kappa shape index (κ2) is 6.00. The van der Waals surface area contributed by atoms with Gasteiger partial charge in [-0.1, -0.05) is 22.0 Å². The molecule has 5 heteroatoms. The van der Waals surface area contributed by atoms with Crippen LogP contribution in [0.25, 0.3) is 0 Å². The number of benzene rings is 1. The van der Waals surface area contributed by atoms with Crippen molar-refractivity contribution >= 4 is 15.9 Å². The maximum atomic E-state index is 14.2. The van der Waals surface area contributed by atoms with Gasteiger partial charge >= 0.3 is 0 Å².